The largest absolute Gasteiger partial charge is 0.213 e. The molecule has 0 unspecified atom stereocenters. The molecule has 0 spiro atoms. The van der Waals surface area contributed by atoms with E-state index in [4.69, 9.17) is 0 Å². The highest BCUT2D eigenvalue weighted by Gasteiger charge is 2.31. The van der Waals surface area contributed by atoms with E-state index < -0.39 is 15.6 Å². The van der Waals surface area contributed by atoms with Crippen molar-refractivity contribution in [2.24, 2.45) is 0 Å². The Morgan fingerprint density at radius 1 is 1.33 bits per heavy atom. The predicted molar refractivity (Wildman–Crippen MR) is 77.9 cm³/mol. The van der Waals surface area contributed by atoms with Gasteiger partial charge in [0.1, 0.15) is 0 Å². The van der Waals surface area contributed by atoms with Crippen LogP contribution in [-0.4, -0.2) is 20.2 Å². The number of nitrogens with one attached hydrogen (secondary N) is 1. The zero-order chi connectivity index (χ0) is 13.6. The van der Waals surface area contributed by atoms with Crippen LogP contribution in [0.1, 0.15) is 25.0 Å². The maximum Gasteiger partial charge on any atom is 0.209 e. The Balaban J connectivity index is 2.38. The van der Waals surface area contributed by atoms with E-state index in [1.165, 1.54) is 11.8 Å². The summed E-state index contributed by atoms with van der Waals surface area (Å²) < 4.78 is 26.6. The van der Waals surface area contributed by atoms with Gasteiger partial charge in [0.05, 0.1) is 11.8 Å². The van der Waals surface area contributed by atoms with Gasteiger partial charge in [-0.3, -0.25) is 0 Å². The van der Waals surface area contributed by atoms with Gasteiger partial charge in [0.25, 0.3) is 0 Å². The number of hydrogen-bond donors (Lipinski definition) is 1. The van der Waals surface area contributed by atoms with Crippen LogP contribution in [0, 0.1) is 0 Å². The molecule has 18 heavy (non-hydrogen) atoms. The number of halogens is 1. The van der Waals surface area contributed by atoms with Crippen LogP contribution in [0.4, 0.5) is 0 Å². The summed E-state index contributed by atoms with van der Waals surface area (Å²) in [5.41, 5.74) is 2.80. The van der Waals surface area contributed by atoms with Crippen LogP contribution in [-0.2, 0) is 16.4 Å². The normalized spacial score (nSPS) is 15.4. The fraction of sp³-hybridized carbons (Fsp3) is 0.385. The third-order valence-electron chi connectivity index (χ3n) is 3.00. The molecule has 1 aromatic carbocycles. The van der Waals surface area contributed by atoms with E-state index in [0.29, 0.717) is 0 Å². The minimum Gasteiger partial charge on any atom is -0.213 e. The molecule has 3 nitrogen and oxygen atoms in total. The quantitative estimate of drug-likeness (QED) is 0.926. The number of rotatable bonds is 3. The molecule has 0 bridgehead atoms. The van der Waals surface area contributed by atoms with Crippen LogP contribution in [0.3, 0.4) is 0 Å². The van der Waals surface area contributed by atoms with Crippen molar-refractivity contribution < 1.29 is 8.42 Å². The van der Waals surface area contributed by atoms with Crippen LogP contribution < -0.4 is 4.72 Å². The van der Waals surface area contributed by atoms with Gasteiger partial charge in [0.15, 0.2) is 0 Å². The third-order valence-corrected chi connectivity index (χ3v) is 4.37. The first-order chi connectivity index (χ1) is 8.19. The highest BCUT2D eigenvalue weighted by molar-refractivity contribution is 9.10. The van der Waals surface area contributed by atoms with Crippen molar-refractivity contribution >= 4 is 31.5 Å². The molecule has 0 amide bonds. The van der Waals surface area contributed by atoms with Gasteiger partial charge in [-0.2, -0.15) is 0 Å². The van der Waals surface area contributed by atoms with E-state index in [1.54, 1.807) is 0 Å². The summed E-state index contributed by atoms with van der Waals surface area (Å²) in [5, 5.41) is 0. The second-order valence-electron chi connectivity index (χ2n) is 5.12. The monoisotopic (exact) mass is 329 g/mol. The van der Waals surface area contributed by atoms with Gasteiger partial charge in [-0.25, -0.2) is 13.1 Å². The van der Waals surface area contributed by atoms with E-state index in [0.717, 1.165) is 22.0 Å². The maximum absolute atomic E-state index is 11.4. The van der Waals surface area contributed by atoms with E-state index in [9.17, 15) is 8.42 Å². The molecule has 1 aliphatic rings. The summed E-state index contributed by atoms with van der Waals surface area (Å²) in [5.74, 6) is 0. The van der Waals surface area contributed by atoms with Gasteiger partial charge in [-0.15, -0.1) is 0 Å². The lowest BCUT2D eigenvalue weighted by Gasteiger charge is -2.27. The van der Waals surface area contributed by atoms with Gasteiger partial charge in [-0.1, -0.05) is 28.1 Å². The van der Waals surface area contributed by atoms with Crippen molar-refractivity contribution in [1.82, 2.24) is 4.72 Å². The fourth-order valence-electron chi connectivity index (χ4n) is 2.43. The first-order valence-electron chi connectivity index (χ1n) is 5.67. The van der Waals surface area contributed by atoms with E-state index in [2.05, 4.69) is 32.8 Å². The summed E-state index contributed by atoms with van der Waals surface area (Å²) in [4.78, 5) is 0. The summed E-state index contributed by atoms with van der Waals surface area (Å²) in [6, 6.07) is 6.09. The third kappa shape index (κ3) is 2.84. The second-order valence-corrected chi connectivity index (χ2v) is 7.79. The van der Waals surface area contributed by atoms with Gasteiger partial charge < -0.3 is 0 Å². The SMILES string of the molecule is CC(C)(NS(C)(=O)=O)C1=CCc2cc(Br)ccc21. The molecular formula is C13H16BrNO2S. The molecule has 0 aliphatic heterocycles. The van der Waals surface area contributed by atoms with Crippen molar-refractivity contribution in [1.29, 1.82) is 0 Å². The van der Waals surface area contributed by atoms with Crippen LogP contribution in [0.2, 0.25) is 0 Å². The topological polar surface area (TPSA) is 46.2 Å². The van der Waals surface area contributed by atoms with Crippen molar-refractivity contribution in [3.8, 4) is 0 Å². The molecule has 1 N–H and O–H groups in total. The summed E-state index contributed by atoms with van der Waals surface area (Å²) in [6.45, 7) is 3.77. The minimum atomic E-state index is -3.23. The molecule has 0 aromatic heterocycles. The summed E-state index contributed by atoms with van der Waals surface area (Å²) >= 11 is 3.45. The van der Waals surface area contributed by atoms with Crippen molar-refractivity contribution in [2.75, 3.05) is 6.26 Å². The molecule has 1 aliphatic carbocycles. The highest BCUT2D eigenvalue weighted by atomic mass is 79.9. The Morgan fingerprint density at radius 3 is 2.61 bits per heavy atom. The second kappa shape index (κ2) is 4.47. The minimum absolute atomic E-state index is 0.591. The Morgan fingerprint density at radius 2 is 2.00 bits per heavy atom. The number of hydrogen-bond acceptors (Lipinski definition) is 2. The number of sulfonamides is 1. The average molecular weight is 330 g/mol. The van der Waals surface area contributed by atoms with E-state index >= 15 is 0 Å². The smallest absolute Gasteiger partial charge is 0.209 e. The van der Waals surface area contributed by atoms with Crippen molar-refractivity contribution in [3.05, 3.63) is 39.9 Å². The molecule has 2 rings (SSSR count). The molecule has 0 saturated heterocycles. The predicted octanol–water partition coefficient (Wildman–Crippen LogP) is 2.72. The molecule has 1 aromatic rings. The van der Waals surface area contributed by atoms with Crippen LogP contribution >= 0.6 is 15.9 Å². The van der Waals surface area contributed by atoms with Gasteiger partial charge in [0.2, 0.25) is 10.0 Å². The van der Waals surface area contributed by atoms with Crippen molar-refractivity contribution in [2.45, 2.75) is 25.8 Å². The maximum atomic E-state index is 11.4. The van der Waals surface area contributed by atoms with Gasteiger partial charge in [0, 0.05) is 4.47 Å². The fourth-order valence-corrected chi connectivity index (χ4v) is 3.87. The van der Waals surface area contributed by atoms with Gasteiger partial charge >= 0.3 is 0 Å². The Hall–Kier alpha value is -0.650. The standard InChI is InChI=1S/C13H16BrNO2S/c1-13(2,15-18(3,16)17)12-7-4-9-8-10(14)5-6-11(9)12/h5-8,15H,4H2,1-3H3. The number of fused-ring (bicyclic) bond motifs is 1. The van der Waals surface area contributed by atoms with Crippen LogP contribution in [0.25, 0.3) is 5.57 Å². The number of allylic oxidation sites excluding steroid dienone is 1. The lowest BCUT2D eigenvalue weighted by molar-refractivity contribution is 0.543. The number of benzene rings is 1. The Labute approximate surface area is 116 Å². The molecule has 0 fully saturated rings. The Bertz CT molecular complexity index is 618. The first kappa shape index (κ1) is 13.8. The average Bonchev–Trinajstić information content (AvgIpc) is 2.56. The first-order valence-corrected chi connectivity index (χ1v) is 8.36. The molecule has 0 heterocycles. The molecule has 5 heteroatoms. The molecule has 0 atom stereocenters. The zero-order valence-corrected chi connectivity index (χ0v) is 13.0. The molecular weight excluding hydrogens is 314 g/mol. The van der Waals surface area contributed by atoms with Crippen molar-refractivity contribution in [3.63, 3.8) is 0 Å². The lowest BCUT2D eigenvalue weighted by Crippen LogP contribution is -2.43. The summed E-state index contributed by atoms with van der Waals surface area (Å²) in [7, 11) is -3.23. The lowest BCUT2D eigenvalue weighted by atomic mass is 9.91. The Kier molecular flexibility index (Phi) is 3.42. The zero-order valence-electron chi connectivity index (χ0n) is 10.6. The molecule has 0 radical (unpaired) electrons. The van der Waals surface area contributed by atoms with Crippen LogP contribution in [0.15, 0.2) is 28.7 Å². The molecule has 98 valence electrons. The van der Waals surface area contributed by atoms with E-state index in [-0.39, 0.29) is 0 Å². The van der Waals surface area contributed by atoms with E-state index in [1.807, 2.05) is 26.0 Å². The van der Waals surface area contributed by atoms with Crippen LogP contribution in [0.5, 0.6) is 0 Å². The highest BCUT2D eigenvalue weighted by Crippen LogP contribution is 2.36. The summed E-state index contributed by atoms with van der Waals surface area (Å²) in [6.07, 6.45) is 4.13. The van der Waals surface area contributed by atoms with Gasteiger partial charge in [-0.05, 0) is 49.1 Å². The molecule has 0 saturated carbocycles.